The van der Waals surface area contributed by atoms with Gasteiger partial charge in [-0.3, -0.25) is 14.4 Å². The van der Waals surface area contributed by atoms with Crippen LogP contribution in [0, 0.1) is 0 Å². The van der Waals surface area contributed by atoms with Crippen LogP contribution >= 0.6 is 0 Å². The standard InChI is InChI=1S/C28H36N2O6/c1-4-5-6-19-36-23-10-7-21(8-11-23)24(31)12-14-27(32)29-15-17-30(18-16-29)28(33)22-9-13-25(34-2)26(20-22)35-3/h7-11,13,20H,4-6,12,14-19H2,1-3H3. The lowest BCUT2D eigenvalue weighted by molar-refractivity contribution is -0.132. The maximum Gasteiger partial charge on any atom is 0.254 e. The first-order chi connectivity index (χ1) is 17.5. The number of nitrogens with zero attached hydrogens (tertiary/aromatic N) is 2. The number of amides is 2. The highest BCUT2D eigenvalue weighted by molar-refractivity contribution is 5.98. The van der Waals surface area contributed by atoms with Crippen LogP contribution < -0.4 is 14.2 Å². The molecule has 0 aliphatic carbocycles. The van der Waals surface area contributed by atoms with E-state index in [1.54, 1.807) is 59.4 Å². The number of methoxy groups -OCH3 is 2. The van der Waals surface area contributed by atoms with E-state index in [2.05, 4.69) is 6.92 Å². The number of ketones is 1. The van der Waals surface area contributed by atoms with Crippen LogP contribution in [0.3, 0.4) is 0 Å². The minimum absolute atomic E-state index is 0.0665. The molecule has 2 aromatic carbocycles. The second-order valence-corrected chi connectivity index (χ2v) is 8.75. The second kappa shape index (κ2) is 13.5. The smallest absolute Gasteiger partial charge is 0.254 e. The van der Waals surface area contributed by atoms with Gasteiger partial charge < -0.3 is 24.0 Å². The number of unbranched alkanes of at least 4 members (excludes halogenated alkanes) is 2. The van der Waals surface area contributed by atoms with Crippen LogP contribution in [0.2, 0.25) is 0 Å². The van der Waals surface area contributed by atoms with Crippen LogP contribution in [0.25, 0.3) is 0 Å². The van der Waals surface area contributed by atoms with E-state index in [1.807, 2.05) is 0 Å². The van der Waals surface area contributed by atoms with E-state index in [9.17, 15) is 14.4 Å². The number of hydrogen-bond acceptors (Lipinski definition) is 6. The molecule has 0 saturated carbocycles. The SMILES string of the molecule is CCCCCOc1ccc(C(=O)CCC(=O)N2CCN(C(=O)c3ccc(OC)c(OC)c3)CC2)cc1. The molecular formula is C28H36N2O6. The van der Waals surface area contributed by atoms with Gasteiger partial charge >= 0.3 is 0 Å². The van der Waals surface area contributed by atoms with Crippen LogP contribution in [0.1, 0.15) is 59.7 Å². The fourth-order valence-corrected chi connectivity index (χ4v) is 4.11. The lowest BCUT2D eigenvalue weighted by atomic mass is 10.1. The predicted molar refractivity (Wildman–Crippen MR) is 137 cm³/mol. The minimum atomic E-state index is -0.115. The Morgan fingerprint density at radius 2 is 1.42 bits per heavy atom. The van der Waals surface area contributed by atoms with Gasteiger partial charge in [-0.25, -0.2) is 0 Å². The Morgan fingerprint density at radius 1 is 0.778 bits per heavy atom. The quantitative estimate of drug-likeness (QED) is 0.323. The fraction of sp³-hybridized carbons (Fsp3) is 0.464. The molecular weight excluding hydrogens is 460 g/mol. The average Bonchev–Trinajstić information content (AvgIpc) is 2.93. The van der Waals surface area contributed by atoms with Gasteiger partial charge in [-0.1, -0.05) is 19.8 Å². The van der Waals surface area contributed by atoms with Crippen molar-refractivity contribution >= 4 is 17.6 Å². The van der Waals surface area contributed by atoms with Crippen molar-refractivity contribution in [1.29, 1.82) is 0 Å². The zero-order valence-electron chi connectivity index (χ0n) is 21.5. The summed E-state index contributed by atoms with van der Waals surface area (Å²) in [7, 11) is 3.07. The van der Waals surface area contributed by atoms with E-state index in [0.29, 0.717) is 55.4 Å². The Kier molecular flexibility index (Phi) is 10.2. The van der Waals surface area contributed by atoms with Crippen LogP contribution in [0.15, 0.2) is 42.5 Å². The third-order valence-corrected chi connectivity index (χ3v) is 6.31. The van der Waals surface area contributed by atoms with Crippen molar-refractivity contribution in [2.75, 3.05) is 47.0 Å². The van der Waals surface area contributed by atoms with Gasteiger partial charge in [-0.05, 0) is 48.9 Å². The third kappa shape index (κ3) is 7.23. The Bertz CT molecular complexity index is 1030. The van der Waals surface area contributed by atoms with E-state index in [0.717, 1.165) is 25.0 Å². The number of benzene rings is 2. The maximum absolute atomic E-state index is 12.9. The molecule has 2 amide bonds. The minimum Gasteiger partial charge on any atom is -0.494 e. The van der Waals surface area contributed by atoms with Crippen molar-refractivity contribution in [2.45, 2.75) is 39.0 Å². The van der Waals surface area contributed by atoms with Gasteiger partial charge in [0.2, 0.25) is 5.91 Å². The zero-order chi connectivity index (χ0) is 25.9. The number of carbonyl (C=O) groups excluding carboxylic acids is 3. The Balaban J connectivity index is 1.43. The van der Waals surface area contributed by atoms with Crippen molar-refractivity contribution in [3.8, 4) is 17.2 Å². The monoisotopic (exact) mass is 496 g/mol. The van der Waals surface area contributed by atoms with Crippen LogP contribution in [-0.4, -0.2) is 74.4 Å². The number of carbonyl (C=O) groups is 3. The van der Waals surface area contributed by atoms with Crippen molar-refractivity contribution < 1.29 is 28.6 Å². The number of piperazine rings is 1. The summed E-state index contributed by atoms with van der Waals surface area (Å²) in [6, 6.07) is 12.2. The molecule has 0 N–H and O–H groups in total. The molecule has 2 aromatic rings. The van der Waals surface area contributed by atoms with Crippen LogP contribution in [0.4, 0.5) is 0 Å². The Morgan fingerprint density at radius 3 is 2.06 bits per heavy atom. The first-order valence-corrected chi connectivity index (χ1v) is 12.5. The predicted octanol–water partition coefficient (Wildman–Crippen LogP) is 4.22. The second-order valence-electron chi connectivity index (χ2n) is 8.75. The normalized spacial score (nSPS) is 13.3. The van der Waals surface area contributed by atoms with Gasteiger partial charge in [0.05, 0.1) is 20.8 Å². The number of ether oxygens (including phenoxy) is 3. The summed E-state index contributed by atoms with van der Waals surface area (Å²) in [5, 5.41) is 0. The van der Waals surface area contributed by atoms with E-state index in [1.165, 1.54) is 7.11 Å². The van der Waals surface area contributed by atoms with Gasteiger partial charge in [0.1, 0.15) is 5.75 Å². The summed E-state index contributed by atoms with van der Waals surface area (Å²) in [5.74, 6) is 1.55. The topological polar surface area (TPSA) is 85.4 Å². The summed E-state index contributed by atoms with van der Waals surface area (Å²) in [4.78, 5) is 41.6. The van der Waals surface area contributed by atoms with Crippen LogP contribution in [-0.2, 0) is 4.79 Å². The molecule has 8 nitrogen and oxygen atoms in total. The lowest BCUT2D eigenvalue weighted by Crippen LogP contribution is -2.50. The molecule has 3 rings (SSSR count). The highest BCUT2D eigenvalue weighted by atomic mass is 16.5. The molecule has 1 aliphatic heterocycles. The largest absolute Gasteiger partial charge is 0.494 e. The zero-order valence-corrected chi connectivity index (χ0v) is 21.5. The summed E-state index contributed by atoms with van der Waals surface area (Å²) in [6.45, 7) is 4.57. The van der Waals surface area contributed by atoms with Gasteiger partial charge in [0, 0.05) is 50.1 Å². The highest BCUT2D eigenvalue weighted by Gasteiger charge is 2.25. The summed E-state index contributed by atoms with van der Waals surface area (Å²) < 4.78 is 16.2. The summed E-state index contributed by atoms with van der Waals surface area (Å²) >= 11 is 0. The Labute approximate surface area is 213 Å². The molecule has 1 fully saturated rings. The molecule has 1 aliphatic rings. The molecule has 1 heterocycles. The molecule has 0 radical (unpaired) electrons. The van der Waals surface area contributed by atoms with Gasteiger partial charge in [-0.2, -0.15) is 0 Å². The molecule has 0 unspecified atom stereocenters. The molecule has 0 atom stereocenters. The molecule has 194 valence electrons. The van der Waals surface area contributed by atoms with E-state index in [4.69, 9.17) is 14.2 Å². The Hall–Kier alpha value is -3.55. The third-order valence-electron chi connectivity index (χ3n) is 6.31. The van der Waals surface area contributed by atoms with Gasteiger partial charge in [0.15, 0.2) is 17.3 Å². The number of rotatable bonds is 12. The van der Waals surface area contributed by atoms with E-state index < -0.39 is 0 Å². The van der Waals surface area contributed by atoms with Crippen molar-refractivity contribution in [3.05, 3.63) is 53.6 Å². The van der Waals surface area contributed by atoms with Crippen molar-refractivity contribution in [1.82, 2.24) is 9.80 Å². The summed E-state index contributed by atoms with van der Waals surface area (Å²) in [5.41, 5.74) is 1.09. The van der Waals surface area contributed by atoms with Crippen molar-refractivity contribution in [2.24, 2.45) is 0 Å². The van der Waals surface area contributed by atoms with E-state index >= 15 is 0 Å². The van der Waals surface area contributed by atoms with E-state index in [-0.39, 0.29) is 30.4 Å². The van der Waals surface area contributed by atoms with Gasteiger partial charge in [-0.15, -0.1) is 0 Å². The number of hydrogen-bond donors (Lipinski definition) is 0. The van der Waals surface area contributed by atoms with Gasteiger partial charge in [0.25, 0.3) is 5.91 Å². The molecule has 36 heavy (non-hydrogen) atoms. The molecule has 0 bridgehead atoms. The average molecular weight is 497 g/mol. The summed E-state index contributed by atoms with van der Waals surface area (Å²) in [6.07, 6.45) is 3.59. The molecule has 8 heteroatoms. The number of Topliss-reactive ketones (excluding diaryl/α,β-unsaturated/α-hetero) is 1. The molecule has 1 saturated heterocycles. The fourth-order valence-electron chi connectivity index (χ4n) is 4.11. The first-order valence-electron chi connectivity index (χ1n) is 12.5. The first kappa shape index (κ1) is 27.0. The lowest BCUT2D eigenvalue weighted by Gasteiger charge is -2.35. The van der Waals surface area contributed by atoms with Crippen molar-refractivity contribution in [3.63, 3.8) is 0 Å². The highest BCUT2D eigenvalue weighted by Crippen LogP contribution is 2.28. The van der Waals surface area contributed by atoms with Crippen LogP contribution in [0.5, 0.6) is 17.2 Å². The maximum atomic E-state index is 12.9. The molecule has 0 spiro atoms. The molecule has 0 aromatic heterocycles.